The van der Waals surface area contributed by atoms with E-state index < -0.39 is 0 Å². The first-order valence-electron chi connectivity index (χ1n) is 8.90. The molecule has 4 atom stereocenters. The number of nitrogens with one attached hydrogen (secondary N) is 1. The van der Waals surface area contributed by atoms with E-state index >= 15 is 0 Å². The number of nitrogens with two attached hydrogens (primary N) is 1. The zero-order valence-corrected chi connectivity index (χ0v) is 13.7. The molecule has 0 aliphatic heterocycles. The van der Waals surface area contributed by atoms with Crippen molar-refractivity contribution in [2.45, 2.75) is 44.8 Å². The van der Waals surface area contributed by atoms with Crippen LogP contribution in [0.2, 0.25) is 0 Å². The Hall–Kier alpha value is -1.39. The number of hydrogen-bond acceptors (Lipinski definition) is 3. The molecule has 3 N–H and O–H groups in total. The maximum atomic E-state index is 12.3. The van der Waals surface area contributed by atoms with Crippen molar-refractivity contribution in [2.75, 3.05) is 13.2 Å². The Morgan fingerprint density at radius 2 is 1.96 bits per heavy atom. The predicted octanol–water partition coefficient (Wildman–Crippen LogP) is 2.47. The van der Waals surface area contributed by atoms with Crippen LogP contribution in [-0.2, 0) is 16.1 Å². The molecule has 2 aliphatic rings. The van der Waals surface area contributed by atoms with Gasteiger partial charge in [-0.25, -0.2) is 0 Å². The average Bonchev–Trinajstić information content (AvgIpc) is 3.16. The van der Waals surface area contributed by atoms with Gasteiger partial charge >= 0.3 is 0 Å². The minimum absolute atomic E-state index is 0.0584. The molecule has 1 aromatic carbocycles. The topological polar surface area (TPSA) is 64.4 Å². The Morgan fingerprint density at radius 3 is 2.70 bits per heavy atom. The molecule has 0 radical (unpaired) electrons. The number of unbranched alkanes of at least 4 members (excludes halogenated alkanes) is 1. The van der Waals surface area contributed by atoms with Gasteiger partial charge in [-0.05, 0) is 49.5 Å². The number of carbonyl (C=O) groups is 1. The van der Waals surface area contributed by atoms with Gasteiger partial charge in [-0.15, -0.1) is 0 Å². The lowest BCUT2D eigenvalue weighted by atomic mass is 9.84. The third-order valence-corrected chi connectivity index (χ3v) is 5.41. The van der Waals surface area contributed by atoms with E-state index in [4.69, 9.17) is 10.5 Å². The van der Waals surface area contributed by atoms with Gasteiger partial charge in [0.15, 0.2) is 0 Å². The summed E-state index contributed by atoms with van der Waals surface area (Å²) in [5, 5.41) is 3.07. The second-order valence-corrected chi connectivity index (χ2v) is 6.97. The van der Waals surface area contributed by atoms with E-state index in [1.807, 2.05) is 18.2 Å². The standard InChI is InChI=1S/C19H28N2O2/c20-18-16-9-8-15(12-16)17(18)19(22)21-10-4-5-11-23-13-14-6-2-1-3-7-14/h1-3,6-7,15-18H,4-5,8-13,20H2,(H,21,22). The van der Waals surface area contributed by atoms with Crippen LogP contribution in [0, 0.1) is 17.8 Å². The van der Waals surface area contributed by atoms with Gasteiger partial charge in [0.25, 0.3) is 0 Å². The summed E-state index contributed by atoms with van der Waals surface area (Å²) in [6.45, 7) is 2.12. The van der Waals surface area contributed by atoms with Gasteiger partial charge in [0.05, 0.1) is 12.5 Å². The van der Waals surface area contributed by atoms with Gasteiger partial charge in [-0.2, -0.15) is 0 Å². The summed E-state index contributed by atoms with van der Waals surface area (Å²) in [6.07, 6.45) is 5.48. The van der Waals surface area contributed by atoms with Crippen molar-refractivity contribution in [1.29, 1.82) is 0 Å². The van der Waals surface area contributed by atoms with Crippen LogP contribution in [0.1, 0.15) is 37.7 Å². The van der Waals surface area contributed by atoms with E-state index in [0.717, 1.165) is 32.4 Å². The average molecular weight is 316 g/mol. The summed E-state index contributed by atoms with van der Waals surface area (Å²) in [5.74, 6) is 1.35. The van der Waals surface area contributed by atoms with Gasteiger partial charge in [0.1, 0.15) is 0 Å². The molecule has 2 saturated carbocycles. The van der Waals surface area contributed by atoms with E-state index in [1.54, 1.807) is 0 Å². The number of hydrogen-bond donors (Lipinski definition) is 2. The monoisotopic (exact) mass is 316 g/mol. The molecule has 2 aliphatic carbocycles. The fourth-order valence-corrected chi connectivity index (χ4v) is 4.15. The molecule has 1 aromatic rings. The first-order chi connectivity index (χ1) is 11.3. The van der Waals surface area contributed by atoms with Crippen molar-refractivity contribution in [3.63, 3.8) is 0 Å². The largest absolute Gasteiger partial charge is 0.377 e. The van der Waals surface area contributed by atoms with E-state index in [9.17, 15) is 4.79 Å². The first-order valence-corrected chi connectivity index (χ1v) is 8.90. The summed E-state index contributed by atoms with van der Waals surface area (Å²) in [7, 11) is 0. The quantitative estimate of drug-likeness (QED) is 0.724. The lowest BCUT2D eigenvalue weighted by Crippen LogP contribution is -2.45. The van der Waals surface area contributed by atoms with Crippen LogP contribution in [0.3, 0.4) is 0 Å². The Morgan fingerprint density at radius 1 is 1.17 bits per heavy atom. The van der Waals surface area contributed by atoms with Crippen LogP contribution in [0.15, 0.2) is 30.3 Å². The Balaban J connectivity index is 1.25. The fraction of sp³-hybridized carbons (Fsp3) is 0.632. The van der Waals surface area contributed by atoms with E-state index in [2.05, 4.69) is 17.4 Å². The smallest absolute Gasteiger partial charge is 0.224 e. The molecule has 1 amide bonds. The highest BCUT2D eigenvalue weighted by atomic mass is 16.5. The zero-order chi connectivity index (χ0) is 16.1. The van der Waals surface area contributed by atoms with Gasteiger partial charge in [-0.1, -0.05) is 30.3 Å². The fourth-order valence-electron chi connectivity index (χ4n) is 4.15. The summed E-state index contributed by atoms with van der Waals surface area (Å²) >= 11 is 0. The molecule has 4 nitrogen and oxygen atoms in total. The van der Waals surface area contributed by atoms with Crippen molar-refractivity contribution >= 4 is 5.91 Å². The normalized spacial score (nSPS) is 28.9. The Labute approximate surface area is 138 Å². The highest BCUT2D eigenvalue weighted by Crippen LogP contribution is 2.47. The van der Waals surface area contributed by atoms with Gasteiger partial charge in [-0.3, -0.25) is 4.79 Å². The number of fused-ring (bicyclic) bond motifs is 2. The van der Waals surface area contributed by atoms with Crippen LogP contribution in [0.25, 0.3) is 0 Å². The maximum absolute atomic E-state index is 12.3. The highest BCUT2D eigenvalue weighted by Gasteiger charge is 2.48. The zero-order valence-electron chi connectivity index (χ0n) is 13.7. The number of benzene rings is 1. The molecule has 0 aromatic heterocycles. The lowest BCUT2D eigenvalue weighted by Gasteiger charge is -2.27. The first kappa shape index (κ1) is 16.5. The predicted molar refractivity (Wildman–Crippen MR) is 90.6 cm³/mol. The van der Waals surface area contributed by atoms with Crippen molar-refractivity contribution in [2.24, 2.45) is 23.5 Å². The van der Waals surface area contributed by atoms with Crippen LogP contribution >= 0.6 is 0 Å². The third-order valence-electron chi connectivity index (χ3n) is 5.41. The number of amides is 1. The van der Waals surface area contributed by atoms with E-state index in [1.165, 1.54) is 18.4 Å². The summed E-state index contributed by atoms with van der Waals surface area (Å²) < 4.78 is 5.65. The van der Waals surface area contributed by atoms with Crippen molar-refractivity contribution in [3.8, 4) is 0 Å². The van der Waals surface area contributed by atoms with Crippen LogP contribution < -0.4 is 11.1 Å². The molecule has 2 bridgehead atoms. The highest BCUT2D eigenvalue weighted by molar-refractivity contribution is 5.80. The SMILES string of the molecule is NC1C2CCC(C2)C1C(=O)NCCCCOCc1ccccc1. The number of ether oxygens (including phenoxy) is 1. The van der Waals surface area contributed by atoms with Gasteiger partial charge in [0, 0.05) is 19.2 Å². The van der Waals surface area contributed by atoms with E-state index in [-0.39, 0.29) is 17.9 Å². The molecular formula is C19H28N2O2. The summed E-state index contributed by atoms with van der Waals surface area (Å²) in [6, 6.07) is 10.3. The minimum Gasteiger partial charge on any atom is -0.377 e. The van der Waals surface area contributed by atoms with Crippen LogP contribution in [0.4, 0.5) is 0 Å². The molecule has 3 rings (SSSR count). The Kier molecular flexibility index (Phi) is 5.68. The second-order valence-electron chi connectivity index (χ2n) is 6.97. The summed E-state index contributed by atoms with van der Waals surface area (Å²) in [5.41, 5.74) is 7.41. The number of carbonyl (C=O) groups excluding carboxylic acids is 1. The van der Waals surface area contributed by atoms with Crippen molar-refractivity contribution < 1.29 is 9.53 Å². The molecule has 126 valence electrons. The lowest BCUT2D eigenvalue weighted by molar-refractivity contribution is -0.127. The van der Waals surface area contributed by atoms with Gasteiger partial charge < -0.3 is 15.8 Å². The molecule has 0 saturated heterocycles. The molecule has 0 heterocycles. The van der Waals surface area contributed by atoms with Gasteiger partial charge in [0.2, 0.25) is 5.91 Å². The van der Waals surface area contributed by atoms with E-state index in [0.29, 0.717) is 18.4 Å². The van der Waals surface area contributed by atoms with Crippen LogP contribution in [0.5, 0.6) is 0 Å². The minimum atomic E-state index is 0.0584. The van der Waals surface area contributed by atoms with Crippen molar-refractivity contribution in [3.05, 3.63) is 35.9 Å². The third kappa shape index (κ3) is 4.12. The molecule has 23 heavy (non-hydrogen) atoms. The number of rotatable bonds is 8. The second kappa shape index (κ2) is 7.93. The molecular weight excluding hydrogens is 288 g/mol. The summed E-state index contributed by atoms with van der Waals surface area (Å²) in [4.78, 5) is 12.3. The molecule has 2 fully saturated rings. The Bertz CT molecular complexity index is 503. The van der Waals surface area contributed by atoms with Crippen molar-refractivity contribution in [1.82, 2.24) is 5.32 Å². The molecule has 4 unspecified atom stereocenters. The molecule has 4 heteroatoms. The van der Waals surface area contributed by atoms with Crippen LogP contribution in [-0.4, -0.2) is 25.1 Å². The molecule has 0 spiro atoms. The maximum Gasteiger partial charge on any atom is 0.224 e.